The van der Waals surface area contributed by atoms with Gasteiger partial charge in [0.1, 0.15) is 12.4 Å². The summed E-state index contributed by atoms with van der Waals surface area (Å²) in [5.74, 6) is 0.451. The third-order valence-electron chi connectivity index (χ3n) is 2.62. The fourth-order valence-corrected chi connectivity index (χ4v) is 1.60. The van der Waals surface area contributed by atoms with Crippen LogP contribution in [0.4, 0.5) is 0 Å². The van der Waals surface area contributed by atoms with Crippen molar-refractivity contribution in [3.63, 3.8) is 0 Å². The molecular formula is C13H17BrO3. The molecule has 1 aromatic carbocycles. The molecule has 0 bridgehead atoms. The molecule has 94 valence electrons. The van der Waals surface area contributed by atoms with Gasteiger partial charge in [-0.3, -0.25) is 4.79 Å². The lowest BCUT2D eigenvalue weighted by molar-refractivity contribution is 0.00819. The highest BCUT2D eigenvalue weighted by atomic mass is 79.9. The van der Waals surface area contributed by atoms with Crippen molar-refractivity contribution in [3.05, 3.63) is 28.2 Å². The first kappa shape index (κ1) is 14.2. The van der Waals surface area contributed by atoms with Crippen LogP contribution in [-0.4, -0.2) is 23.1 Å². The molecule has 0 spiro atoms. The number of halogens is 1. The zero-order chi connectivity index (χ0) is 13.1. The second-order valence-corrected chi connectivity index (χ2v) is 5.25. The van der Waals surface area contributed by atoms with Crippen LogP contribution in [0.5, 0.6) is 5.75 Å². The SMILES string of the molecule is CCC(C)(O)COc1ccc(Br)cc1C(C)=O. The Hall–Kier alpha value is -0.870. The average molecular weight is 301 g/mol. The molecule has 0 saturated heterocycles. The number of ketones is 1. The molecule has 1 rings (SSSR count). The van der Waals surface area contributed by atoms with Gasteiger partial charge in [-0.2, -0.15) is 0 Å². The predicted molar refractivity (Wildman–Crippen MR) is 70.6 cm³/mol. The molecule has 1 unspecified atom stereocenters. The van der Waals surface area contributed by atoms with Crippen LogP contribution in [0.1, 0.15) is 37.6 Å². The van der Waals surface area contributed by atoms with Gasteiger partial charge in [0, 0.05) is 4.47 Å². The van der Waals surface area contributed by atoms with E-state index in [0.717, 1.165) is 4.47 Å². The molecule has 0 heterocycles. The number of benzene rings is 1. The molecule has 17 heavy (non-hydrogen) atoms. The van der Waals surface area contributed by atoms with Crippen molar-refractivity contribution < 1.29 is 14.6 Å². The number of hydrogen-bond donors (Lipinski definition) is 1. The second-order valence-electron chi connectivity index (χ2n) is 4.34. The summed E-state index contributed by atoms with van der Waals surface area (Å²) in [5.41, 5.74) is -0.354. The van der Waals surface area contributed by atoms with Gasteiger partial charge in [0.15, 0.2) is 5.78 Å². The predicted octanol–water partition coefficient (Wildman–Crippen LogP) is 3.19. The van der Waals surface area contributed by atoms with Gasteiger partial charge in [-0.1, -0.05) is 22.9 Å². The molecule has 0 aliphatic carbocycles. The minimum absolute atomic E-state index is 0.0579. The summed E-state index contributed by atoms with van der Waals surface area (Å²) in [6, 6.07) is 5.26. The molecule has 3 nitrogen and oxygen atoms in total. The quantitative estimate of drug-likeness (QED) is 0.850. The van der Waals surface area contributed by atoms with Crippen molar-refractivity contribution >= 4 is 21.7 Å². The lowest BCUT2D eigenvalue weighted by Crippen LogP contribution is -2.31. The first-order valence-corrected chi connectivity index (χ1v) is 6.30. The largest absolute Gasteiger partial charge is 0.490 e. The Morgan fingerprint density at radius 1 is 1.53 bits per heavy atom. The van der Waals surface area contributed by atoms with Crippen LogP contribution in [-0.2, 0) is 0 Å². The molecule has 0 aliphatic rings. The Balaban J connectivity index is 2.88. The van der Waals surface area contributed by atoms with Crippen LogP contribution >= 0.6 is 15.9 Å². The van der Waals surface area contributed by atoms with Gasteiger partial charge in [0.25, 0.3) is 0 Å². The monoisotopic (exact) mass is 300 g/mol. The molecule has 1 aromatic rings. The molecule has 1 atom stereocenters. The summed E-state index contributed by atoms with van der Waals surface area (Å²) in [5, 5.41) is 9.85. The van der Waals surface area contributed by atoms with E-state index >= 15 is 0 Å². The molecule has 0 saturated carbocycles. The number of carbonyl (C=O) groups excluding carboxylic acids is 1. The number of carbonyl (C=O) groups is 1. The van der Waals surface area contributed by atoms with Crippen molar-refractivity contribution in [2.24, 2.45) is 0 Å². The molecule has 0 aromatic heterocycles. The van der Waals surface area contributed by atoms with Gasteiger partial charge < -0.3 is 9.84 Å². The van der Waals surface area contributed by atoms with Crippen molar-refractivity contribution in [3.8, 4) is 5.75 Å². The summed E-state index contributed by atoms with van der Waals surface area (Å²) in [4.78, 5) is 11.4. The molecule has 0 aliphatic heterocycles. The minimum Gasteiger partial charge on any atom is -0.490 e. The topological polar surface area (TPSA) is 46.5 Å². The van der Waals surface area contributed by atoms with Gasteiger partial charge in [-0.25, -0.2) is 0 Å². The fraction of sp³-hybridized carbons (Fsp3) is 0.462. The van der Waals surface area contributed by atoms with Crippen molar-refractivity contribution in [2.75, 3.05) is 6.61 Å². The van der Waals surface area contributed by atoms with Gasteiger partial charge in [0.05, 0.1) is 11.2 Å². The highest BCUT2D eigenvalue weighted by molar-refractivity contribution is 9.10. The second kappa shape index (κ2) is 5.65. The maximum absolute atomic E-state index is 11.4. The van der Waals surface area contributed by atoms with E-state index in [0.29, 0.717) is 17.7 Å². The van der Waals surface area contributed by atoms with E-state index in [9.17, 15) is 9.90 Å². The molecule has 0 fully saturated rings. The molecule has 1 N–H and O–H groups in total. The number of Topliss-reactive ketones (excluding diaryl/α,β-unsaturated/α-hetero) is 1. The van der Waals surface area contributed by atoms with Crippen LogP contribution in [0.2, 0.25) is 0 Å². The van der Waals surface area contributed by atoms with Crippen LogP contribution in [0.25, 0.3) is 0 Å². The third kappa shape index (κ3) is 4.13. The van der Waals surface area contributed by atoms with E-state index < -0.39 is 5.60 Å². The van der Waals surface area contributed by atoms with Crippen LogP contribution in [0, 0.1) is 0 Å². The zero-order valence-corrected chi connectivity index (χ0v) is 11.9. The van der Waals surface area contributed by atoms with Gasteiger partial charge >= 0.3 is 0 Å². The Morgan fingerprint density at radius 2 is 2.18 bits per heavy atom. The van der Waals surface area contributed by atoms with Crippen molar-refractivity contribution in [1.29, 1.82) is 0 Å². The third-order valence-corrected chi connectivity index (χ3v) is 3.11. The van der Waals surface area contributed by atoms with Crippen LogP contribution in [0.3, 0.4) is 0 Å². The number of aliphatic hydroxyl groups is 1. The molecular weight excluding hydrogens is 284 g/mol. The van der Waals surface area contributed by atoms with E-state index in [-0.39, 0.29) is 12.4 Å². The Morgan fingerprint density at radius 3 is 2.71 bits per heavy atom. The summed E-state index contributed by atoms with van der Waals surface area (Å²) in [6.07, 6.45) is 0.596. The smallest absolute Gasteiger partial charge is 0.163 e. The highest BCUT2D eigenvalue weighted by Crippen LogP contribution is 2.24. The highest BCUT2D eigenvalue weighted by Gasteiger charge is 2.19. The average Bonchev–Trinajstić information content (AvgIpc) is 2.27. The van der Waals surface area contributed by atoms with Crippen molar-refractivity contribution in [2.45, 2.75) is 32.8 Å². The van der Waals surface area contributed by atoms with Crippen LogP contribution < -0.4 is 4.74 Å². The minimum atomic E-state index is -0.874. The lowest BCUT2D eigenvalue weighted by Gasteiger charge is -2.22. The summed E-state index contributed by atoms with van der Waals surface area (Å²) < 4.78 is 6.35. The van der Waals surface area contributed by atoms with Crippen molar-refractivity contribution in [1.82, 2.24) is 0 Å². The number of ether oxygens (including phenoxy) is 1. The first-order chi connectivity index (χ1) is 7.85. The summed E-state index contributed by atoms with van der Waals surface area (Å²) >= 11 is 3.31. The normalized spacial score (nSPS) is 14.2. The first-order valence-electron chi connectivity index (χ1n) is 5.51. The van der Waals surface area contributed by atoms with E-state index in [1.165, 1.54) is 6.92 Å². The fourth-order valence-electron chi connectivity index (χ4n) is 1.24. The number of hydrogen-bond acceptors (Lipinski definition) is 3. The van der Waals surface area contributed by atoms with E-state index in [1.54, 1.807) is 19.1 Å². The maximum Gasteiger partial charge on any atom is 0.163 e. The number of rotatable bonds is 5. The Labute approximate surface area is 110 Å². The lowest BCUT2D eigenvalue weighted by atomic mass is 10.1. The standard InChI is InChI=1S/C13H17BrO3/c1-4-13(3,16)8-17-12-6-5-10(14)7-11(12)9(2)15/h5-7,16H,4,8H2,1-3H3. The van der Waals surface area contributed by atoms with E-state index in [4.69, 9.17) is 4.74 Å². The van der Waals surface area contributed by atoms with Crippen LogP contribution in [0.15, 0.2) is 22.7 Å². The molecule has 4 heteroatoms. The van der Waals surface area contributed by atoms with E-state index in [1.807, 2.05) is 13.0 Å². The van der Waals surface area contributed by atoms with E-state index in [2.05, 4.69) is 15.9 Å². The van der Waals surface area contributed by atoms with Gasteiger partial charge in [-0.05, 0) is 38.5 Å². The Kier molecular flexibility index (Phi) is 4.71. The van der Waals surface area contributed by atoms with Gasteiger partial charge in [-0.15, -0.1) is 0 Å². The van der Waals surface area contributed by atoms with Gasteiger partial charge in [0.2, 0.25) is 0 Å². The molecule has 0 amide bonds. The maximum atomic E-state index is 11.4. The Bertz CT molecular complexity index is 413. The molecule has 0 radical (unpaired) electrons. The summed E-state index contributed by atoms with van der Waals surface area (Å²) in [7, 11) is 0. The zero-order valence-electron chi connectivity index (χ0n) is 10.3. The summed E-state index contributed by atoms with van der Waals surface area (Å²) in [6.45, 7) is 5.26.